The van der Waals surface area contributed by atoms with E-state index in [1.807, 2.05) is 25.5 Å². The van der Waals surface area contributed by atoms with Crippen molar-refractivity contribution in [1.82, 2.24) is 14.5 Å². The Balaban J connectivity index is 2.19. The molecule has 0 spiro atoms. The largest absolute Gasteiger partial charge is 0.270 e. The zero-order chi connectivity index (χ0) is 14.9. The molecule has 0 bridgehead atoms. The van der Waals surface area contributed by atoms with Crippen molar-refractivity contribution < 1.29 is 8.42 Å². The number of aromatic nitrogens is 2. The van der Waals surface area contributed by atoms with E-state index in [4.69, 9.17) is 0 Å². The van der Waals surface area contributed by atoms with Crippen LogP contribution in [0.15, 0.2) is 20.1 Å². The van der Waals surface area contributed by atoms with Gasteiger partial charge in [-0.25, -0.2) is 13.1 Å². The van der Waals surface area contributed by atoms with Crippen LogP contribution in [0.1, 0.15) is 23.9 Å². The third kappa shape index (κ3) is 3.13. The molecule has 5 nitrogen and oxygen atoms in total. The summed E-state index contributed by atoms with van der Waals surface area (Å²) in [5, 5.41) is 4.38. The standard InChI is InChI=1S/C12H16BrN3O2S2/c1-4-16-9(3)10(8(2)15-16)7-14-20(17,18)12-6-5-11(13)19-12/h5-6,14H,4,7H2,1-3H3. The van der Waals surface area contributed by atoms with Gasteiger partial charge in [0.05, 0.1) is 9.48 Å². The van der Waals surface area contributed by atoms with Crippen molar-refractivity contribution in [3.63, 3.8) is 0 Å². The van der Waals surface area contributed by atoms with E-state index in [9.17, 15) is 8.42 Å². The lowest BCUT2D eigenvalue weighted by Gasteiger charge is -2.05. The Morgan fingerprint density at radius 1 is 1.40 bits per heavy atom. The molecule has 0 aliphatic carbocycles. The highest BCUT2D eigenvalue weighted by Crippen LogP contribution is 2.26. The molecule has 0 unspecified atom stereocenters. The number of hydrogen-bond acceptors (Lipinski definition) is 4. The van der Waals surface area contributed by atoms with Gasteiger partial charge >= 0.3 is 0 Å². The molecule has 0 saturated carbocycles. The molecule has 110 valence electrons. The van der Waals surface area contributed by atoms with Gasteiger partial charge in [0, 0.05) is 24.3 Å². The Labute approximate surface area is 131 Å². The van der Waals surface area contributed by atoms with Gasteiger partial charge in [-0.15, -0.1) is 11.3 Å². The van der Waals surface area contributed by atoms with Gasteiger partial charge in [-0.05, 0) is 48.8 Å². The van der Waals surface area contributed by atoms with Crippen molar-refractivity contribution in [2.24, 2.45) is 0 Å². The molecule has 0 aromatic carbocycles. The number of hydrogen-bond donors (Lipinski definition) is 1. The van der Waals surface area contributed by atoms with Gasteiger partial charge in [-0.2, -0.15) is 5.10 Å². The normalized spacial score (nSPS) is 12.0. The molecular formula is C12H16BrN3O2S2. The predicted octanol–water partition coefficient (Wildman–Crippen LogP) is 2.82. The highest BCUT2D eigenvalue weighted by molar-refractivity contribution is 9.11. The Hall–Kier alpha value is -0.700. The quantitative estimate of drug-likeness (QED) is 0.870. The first-order valence-electron chi connectivity index (χ1n) is 6.13. The molecule has 2 rings (SSSR count). The van der Waals surface area contributed by atoms with Crippen molar-refractivity contribution in [1.29, 1.82) is 0 Å². The molecule has 0 amide bonds. The zero-order valence-corrected chi connectivity index (χ0v) is 14.7. The van der Waals surface area contributed by atoms with Crippen LogP contribution < -0.4 is 4.72 Å². The van der Waals surface area contributed by atoms with E-state index in [1.165, 1.54) is 11.3 Å². The second kappa shape index (κ2) is 5.97. The molecule has 2 aromatic heterocycles. The molecule has 20 heavy (non-hydrogen) atoms. The van der Waals surface area contributed by atoms with Crippen LogP contribution in [0.2, 0.25) is 0 Å². The maximum absolute atomic E-state index is 12.2. The van der Waals surface area contributed by atoms with E-state index >= 15 is 0 Å². The van der Waals surface area contributed by atoms with Gasteiger partial charge < -0.3 is 0 Å². The molecule has 1 N–H and O–H groups in total. The number of nitrogens with one attached hydrogen (secondary N) is 1. The lowest BCUT2D eigenvalue weighted by molar-refractivity contribution is 0.583. The first-order valence-corrected chi connectivity index (χ1v) is 9.22. The van der Waals surface area contributed by atoms with Gasteiger partial charge in [0.25, 0.3) is 0 Å². The smallest absolute Gasteiger partial charge is 0.250 e. The molecule has 0 aliphatic heterocycles. The highest BCUT2D eigenvalue weighted by atomic mass is 79.9. The molecule has 0 atom stereocenters. The molecule has 0 saturated heterocycles. The van der Waals surface area contributed by atoms with Crippen molar-refractivity contribution in [3.05, 3.63) is 32.9 Å². The molecular weight excluding hydrogens is 362 g/mol. The average Bonchev–Trinajstić information content (AvgIpc) is 2.93. The van der Waals surface area contributed by atoms with Crippen molar-refractivity contribution in [3.8, 4) is 0 Å². The first-order chi connectivity index (χ1) is 9.35. The second-order valence-corrected chi connectivity index (χ2v) is 8.81. The van der Waals surface area contributed by atoms with E-state index in [0.717, 1.165) is 27.3 Å². The van der Waals surface area contributed by atoms with Crippen molar-refractivity contribution >= 4 is 37.3 Å². The summed E-state index contributed by atoms with van der Waals surface area (Å²) in [6, 6.07) is 3.32. The number of aryl methyl sites for hydroxylation is 2. The molecule has 0 radical (unpaired) electrons. The van der Waals surface area contributed by atoms with Crippen LogP contribution in [0, 0.1) is 13.8 Å². The van der Waals surface area contributed by atoms with Crippen molar-refractivity contribution in [2.45, 2.75) is 38.1 Å². The fraction of sp³-hybridized carbons (Fsp3) is 0.417. The van der Waals surface area contributed by atoms with Crippen LogP contribution in [0.3, 0.4) is 0 Å². The van der Waals surface area contributed by atoms with Crippen LogP contribution >= 0.6 is 27.3 Å². The monoisotopic (exact) mass is 377 g/mol. The molecule has 2 heterocycles. The SMILES string of the molecule is CCn1nc(C)c(CNS(=O)(=O)c2ccc(Br)s2)c1C. The molecule has 0 fully saturated rings. The summed E-state index contributed by atoms with van der Waals surface area (Å²) in [6.07, 6.45) is 0. The minimum atomic E-state index is -3.47. The number of thiophene rings is 1. The number of sulfonamides is 1. The van der Waals surface area contributed by atoms with Crippen LogP contribution in [0.5, 0.6) is 0 Å². The van der Waals surface area contributed by atoms with E-state index in [2.05, 4.69) is 25.8 Å². The first kappa shape index (κ1) is 15.7. The minimum Gasteiger partial charge on any atom is -0.270 e. The van der Waals surface area contributed by atoms with Gasteiger partial charge in [0.1, 0.15) is 4.21 Å². The van der Waals surface area contributed by atoms with E-state index < -0.39 is 10.0 Å². The van der Waals surface area contributed by atoms with Gasteiger partial charge in [0.15, 0.2) is 0 Å². The lowest BCUT2D eigenvalue weighted by atomic mass is 10.2. The number of nitrogens with zero attached hydrogens (tertiary/aromatic N) is 2. The zero-order valence-electron chi connectivity index (χ0n) is 11.5. The van der Waals surface area contributed by atoms with Gasteiger partial charge in [-0.1, -0.05) is 0 Å². The fourth-order valence-corrected chi connectivity index (χ4v) is 5.03. The van der Waals surface area contributed by atoms with Gasteiger partial charge in [-0.3, -0.25) is 4.68 Å². The van der Waals surface area contributed by atoms with Crippen LogP contribution in [-0.2, 0) is 23.1 Å². The third-order valence-electron chi connectivity index (χ3n) is 3.08. The van der Waals surface area contributed by atoms with E-state index in [0.29, 0.717) is 4.21 Å². The lowest BCUT2D eigenvalue weighted by Crippen LogP contribution is -2.23. The highest BCUT2D eigenvalue weighted by Gasteiger charge is 2.18. The van der Waals surface area contributed by atoms with Crippen molar-refractivity contribution in [2.75, 3.05) is 0 Å². The summed E-state index contributed by atoms with van der Waals surface area (Å²) in [7, 11) is -3.47. The summed E-state index contributed by atoms with van der Waals surface area (Å²) in [6.45, 7) is 6.89. The van der Waals surface area contributed by atoms with E-state index in [-0.39, 0.29) is 6.54 Å². The third-order valence-corrected chi connectivity index (χ3v) is 6.60. The average molecular weight is 378 g/mol. The van der Waals surface area contributed by atoms with Crippen LogP contribution in [0.4, 0.5) is 0 Å². The fourth-order valence-electron chi connectivity index (χ4n) is 1.98. The maximum Gasteiger partial charge on any atom is 0.250 e. The summed E-state index contributed by atoms with van der Waals surface area (Å²) in [5.74, 6) is 0. The molecule has 2 aromatic rings. The Morgan fingerprint density at radius 3 is 2.60 bits per heavy atom. The van der Waals surface area contributed by atoms with E-state index in [1.54, 1.807) is 12.1 Å². The Kier molecular flexibility index (Phi) is 4.68. The minimum absolute atomic E-state index is 0.259. The van der Waals surface area contributed by atoms with Gasteiger partial charge in [0.2, 0.25) is 10.0 Å². The summed E-state index contributed by atoms with van der Waals surface area (Å²) in [4.78, 5) is 0. The second-order valence-electron chi connectivity index (χ2n) is 4.35. The summed E-state index contributed by atoms with van der Waals surface area (Å²) < 4.78 is 29.9. The molecule has 0 aliphatic rings. The van der Waals surface area contributed by atoms with Crippen LogP contribution in [0.25, 0.3) is 0 Å². The molecule has 8 heteroatoms. The van der Waals surface area contributed by atoms with Crippen LogP contribution in [-0.4, -0.2) is 18.2 Å². The topological polar surface area (TPSA) is 64.0 Å². The Morgan fingerprint density at radius 2 is 2.10 bits per heavy atom. The Bertz CT molecular complexity index is 719. The number of rotatable bonds is 5. The number of halogens is 1. The maximum atomic E-state index is 12.2. The predicted molar refractivity (Wildman–Crippen MR) is 83.4 cm³/mol. The summed E-state index contributed by atoms with van der Waals surface area (Å²) >= 11 is 4.46. The summed E-state index contributed by atoms with van der Waals surface area (Å²) in [5.41, 5.74) is 2.80.